The van der Waals surface area contributed by atoms with E-state index in [-0.39, 0.29) is 0 Å². The lowest BCUT2D eigenvalue weighted by Gasteiger charge is -2.08. The van der Waals surface area contributed by atoms with Crippen molar-refractivity contribution in [1.29, 1.82) is 0 Å². The third-order valence-corrected chi connectivity index (χ3v) is 5.49. The summed E-state index contributed by atoms with van der Waals surface area (Å²) in [5.41, 5.74) is 9.43. The van der Waals surface area contributed by atoms with Crippen LogP contribution in [0.2, 0.25) is 5.02 Å². The second-order valence-electron chi connectivity index (χ2n) is 7.32. The Kier molecular flexibility index (Phi) is 5.18. The van der Waals surface area contributed by atoms with Crippen molar-refractivity contribution >= 4 is 34.7 Å². The van der Waals surface area contributed by atoms with E-state index in [4.69, 9.17) is 11.6 Å². The van der Waals surface area contributed by atoms with Crippen molar-refractivity contribution in [3.8, 4) is 11.4 Å². The number of rotatable bonds is 4. The minimum atomic E-state index is 0.311. The number of benzene rings is 2. The van der Waals surface area contributed by atoms with Crippen molar-refractivity contribution in [2.24, 2.45) is 5.10 Å². The van der Waals surface area contributed by atoms with Crippen LogP contribution in [-0.2, 0) is 0 Å². The molecule has 2 N–H and O–H groups in total. The standard InChI is InChI=1S/C23H22ClN5O/c1-13-8-17(9-14(2)21(13)30)11-27-28-22-20-15(3)16(4)29(23(20)26-12-25-22)19-7-5-6-18(24)10-19/h5-12,30H,1-4H3,(H,25,26,28)/b27-11-. The molecule has 0 spiro atoms. The van der Waals surface area contributed by atoms with E-state index in [2.05, 4.69) is 25.1 Å². The first-order valence-electron chi connectivity index (χ1n) is 9.54. The third-order valence-electron chi connectivity index (χ3n) is 5.26. The van der Waals surface area contributed by atoms with Crippen molar-refractivity contribution < 1.29 is 5.11 Å². The molecule has 7 heteroatoms. The van der Waals surface area contributed by atoms with E-state index in [1.165, 1.54) is 6.33 Å². The summed E-state index contributed by atoms with van der Waals surface area (Å²) < 4.78 is 2.07. The van der Waals surface area contributed by atoms with Crippen LogP contribution in [0.3, 0.4) is 0 Å². The monoisotopic (exact) mass is 419 g/mol. The molecule has 4 aromatic rings. The number of aromatic hydroxyl groups is 1. The van der Waals surface area contributed by atoms with Gasteiger partial charge in [0.15, 0.2) is 11.5 Å². The molecule has 152 valence electrons. The lowest BCUT2D eigenvalue weighted by Crippen LogP contribution is -1.99. The van der Waals surface area contributed by atoms with Crippen LogP contribution in [0.1, 0.15) is 27.9 Å². The van der Waals surface area contributed by atoms with Gasteiger partial charge in [-0.1, -0.05) is 17.7 Å². The minimum absolute atomic E-state index is 0.311. The van der Waals surface area contributed by atoms with Gasteiger partial charge in [0.1, 0.15) is 12.1 Å². The van der Waals surface area contributed by atoms with E-state index in [1.54, 1.807) is 6.21 Å². The van der Waals surface area contributed by atoms with E-state index >= 15 is 0 Å². The predicted molar refractivity (Wildman–Crippen MR) is 122 cm³/mol. The molecule has 0 unspecified atom stereocenters. The van der Waals surface area contributed by atoms with Crippen LogP contribution < -0.4 is 5.43 Å². The second kappa shape index (κ2) is 7.80. The molecule has 0 aliphatic heterocycles. The zero-order valence-electron chi connectivity index (χ0n) is 17.2. The zero-order chi connectivity index (χ0) is 21.4. The van der Waals surface area contributed by atoms with Crippen LogP contribution in [0.15, 0.2) is 47.8 Å². The lowest BCUT2D eigenvalue weighted by atomic mass is 10.1. The largest absolute Gasteiger partial charge is 0.507 e. The number of anilines is 1. The zero-order valence-corrected chi connectivity index (χ0v) is 18.0. The van der Waals surface area contributed by atoms with Crippen LogP contribution in [-0.4, -0.2) is 25.9 Å². The molecular formula is C23H22ClN5O. The molecule has 2 aromatic heterocycles. The normalized spacial score (nSPS) is 11.5. The van der Waals surface area contributed by atoms with E-state index < -0.39 is 0 Å². The molecule has 30 heavy (non-hydrogen) atoms. The lowest BCUT2D eigenvalue weighted by molar-refractivity contribution is 0.467. The Balaban J connectivity index is 1.74. The molecule has 0 fully saturated rings. The van der Waals surface area contributed by atoms with Gasteiger partial charge in [0.05, 0.1) is 11.6 Å². The van der Waals surface area contributed by atoms with E-state index in [9.17, 15) is 5.11 Å². The number of fused-ring (bicyclic) bond motifs is 1. The summed E-state index contributed by atoms with van der Waals surface area (Å²) in [7, 11) is 0. The molecule has 0 saturated heterocycles. The maximum Gasteiger partial charge on any atom is 0.159 e. The number of hydrazone groups is 1. The van der Waals surface area contributed by atoms with E-state index in [0.717, 1.165) is 44.7 Å². The molecule has 0 radical (unpaired) electrons. The van der Waals surface area contributed by atoms with Crippen molar-refractivity contribution in [3.63, 3.8) is 0 Å². The molecule has 2 aromatic carbocycles. The Morgan fingerprint density at radius 3 is 2.50 bits per heavy atom. The van der Waals surface area contributed by atoms with Crippen molar-refractivity contribution in [1.82, 2.24) is 14.5 Å². The van der Waals surface area contributed by atoms with Crippen LogP contribution >= 0.6 is 11.6 Å². The summed E-state index contributed by atoms with van der Waals surface area (Å²) in [5, 5.41) is 15.9. The summed E-state index contributed by atoms with van der Waals surface area (Å²) in [6.45, 7) is 7.83. The minimum Gasteiger partial charge on any atom is -0.507 e. The van der Waals surface area contributed by atoms with Crippen LogP contribution in [0, 0.1) is 27.7 Å². The van der Waals surface area contributed by atoms with Crippen molar-refractivity contribution in [2.75, 3.05) is 5.43 Å². The third kappa shape index (κ3) is 3.50. The van der Waals surface area contributed by atoms with Gasteiger partial charge in [0.25, 0.3) is 0 Å². The number of aryl methyl sites for hydroxylation is 3. The van der Waals surface area contributed by atoms with Gasteiger partial charge in [-0.15, -0.1) is 0 Å². The van der Waals surface area contributed by atoms with Crippen LogP contribution in [0.25, 0.3) is 16.7 Å². The molecule has 0 atom stereocenters. The van der Waals surface area contributed by atoms with Gasteiger partial charge in [0.2, 0.25) is 0 Å². The summed E-state index contributed by atoms with van der Waals surface area (Å²) in [4.78, 5) is 8.92. The predicted octanol–water partition coefficient (Wildman–Crippen LogP) is 5.46. The van der Waals surface area contributed by atoms with Crippen molar-refractivity contribution in [2.45, 2.75) is 27.7 Å². The van der Waals surface area contributed by atoms with Gasteiger partial charge in [-0.2, -0.15) is 5.10 Å². The molecular weight excluding hydrogens is 398 g/mol. The molecule has 0 aliphatic rings. The number of phenols is 1. The summed E-state index contributed by atoms with van der Waals surface area (Å²) in [6, 6.07) is 11.5. The Bertz CT molecular complexity index is 1270. The smallest absolute Gasteiger partial charge is 0.159 e. The number of nitrogens with zero attached hydrogens (tertiary/aromatic N) is 4. The summed E-state index contributed by atoms with van der Waals surface area (Å²) in [5.74, 6) is 0.941. The molecule has 0 bridgehead atoms. The molecule has 0 saturated carbocycles. The van der Waals surface area contributed by atoms with Gasteiger partial charge < -0.3 is 5.11 Å². The number of aromatic nitrogens is 3. The number of hydrogen-bond acceptors (Lipinski definition) is 5. The number of nitrogens with one attached hydrogen (secondary N) is 1. The van der Waals surface area contributed by atoms with Crippen molar-refractivity contribution in [3.05, 3.63) is 75.7 Å². The molecule has 2 heterocycles. The SMILES string of the molecule is Cc1cc(/C=N\Nc2ncnc3c2c(C)c(C)n3-c2cccc(Cl)c2)cc(C)c1O. The maximum atomic E-state index is 9.93. The highest BCUT2D eigenvalue weighted by atomic mass is 35.5. The Morgan fingerprint density at radius 1 is 1.07 bits per heavy atom. The van der Waals surface area contributed by atoms with Gasteiger partial charge >= 0.3 is 0 Å². The van der Waals surface area contributed by atoms with Crippen LogP contribution in [0.5, 0.6) is 5.75 Å². The average Bonchev–Trinajstić information content (AvgIpc) is 2.97. The van der Waals surface area contributed by atoms with Gasteiger partial charge in [-0.25, -0.2) is 9.97 Å². The van der Waals surface area contributed by atoms with E-state index in [1.807, 2.05) is 64.1 Å². The van der Waals surface area contributed by atoms with Gasteiger partial charge in [0, 0.05) is 16.4 Å². The molecule has 0 aliphatic carbocycles. The Hall–Kier alpha value is -3.38. The van der Waals surface area contributed by atoms with E-state index in [0.29, 0.717) is 16.6 Å². The first kappa shape index (κ1) is 19.9. The average molecular weight is 420 g/mol. The van der Waals surface area contributed by atoms with Gasteiger partial charge in [-0.05, 0) is 80.3 Å². The second-order valence-corrected chi connectivity index (χ2v) is 7.76. The highest BCUT2D eigenvalue weighted by molar-refractivity contribution is 6.30. The number of phenolic OH excluding ortho intramolecular Hbond substituents is 1. The highest BCUT2D eigenvalue weighted by Gasteiger charge is 2.17. The number of halogens is 1. The first-order chi connectivity index (χ1) is 14.4. The Labute approximate surface area is 179 Å². The maximum absolute atomic E-state index is 9.93. The Morgan fingerprint density at radius 2 is 1.80 bits per heavy atom. The summed E-state index contributed by atoms with van der Waals surface area (Å²) in [6.07, 6.45) is 3.23. The fourth-order valence-electron chi connectivity index (χ4n) is 3.65. The van der Waals surface area contributed by atoms with Gasteiger partial charge in [-0.3, -0.25) is 9.99 Å². The topological polar surface area (TPSA) is 75.3 Å². The molecule has 4 rings (SSSR count). The van der Waals surface area contributed by atoms with Crippen LogP contribution in [0.4, 0.5) is 5.82 Å². The summed E-state index contributed by atoms with van der Waals surface area (Å²) >= 11 is 6.20. The fraction of sp³-hybridized carbons (Fsp3) is 0.174. The first-order valence-corrected chi connectivity index (χ1v) is 9.92. The highest BCUT2D eigenvalue weighted by Crippen LogP contribution is 2.32. The quantitative estimate of drug-likeness (QED) is 0.340. The molecule has 6 nitrogen and oxygen atoms in total. The number of hydrogen-bond donors (Lipinski definition) is 2. The fourth-order valence-corrected chi connectivity index (χ4v) is 3.83. The molecule has 0 amide bonds.